The third-order valence-corrected chi connectivity index (χ3v) is 1.31. The molecule has 0 aliphatic heterocycles. The van der Waals surface area contributed by atoms with Crippen LogP contribution in [0, 0.1) is 0 Å². The summed E-state index contributed by atoms with van der Waals surface area (Å²) in [5.41, 5.74) is -2.27. The molecule has 50 valence electrons. The number of alkyl halides is 2. The smallest absolute Gasteiger partial charge is 0.230 e. The molecule has 3 unspecified atom stereocenters. The Kier molecular flexibility index (Phi) is 3.08. The second-order valence-electron chi connectivity index (χ2n) is 1.30. The second kappa shape index (κ2) is 3.09. The van der Waals surface area contributed by atoms with Gasteiger partial charge in [-0.15, -0.1) is 0 Å². The van der Waals surface area contributed by atoms with Crippen LogP contribution in [0.4, 0.5) is 8.78 Å². The van der Waals surface area contributed by atoms with E-state index < -0.39 is 22.8 Å². The van der Waals surface area contributed by atoms with Gasteiger partial charge in [-0.3, -0.25) is 0 Å². The van der Waals surface area contributed by atoms with Crippen molar-refractivity contribution >= 4 is 11.1 Å². The largest absolute Gasteiger partial charge is 0.304 e. The Balaban J connectivity index is 3.64. The fourth-order valence-electron chi connectivity index (χ4n) is 0.160. The van der Waals surface area contributed by atoms with Crippen LogP contribution in [0.25, 0.3) is 0 Å². The fraction of sp³-hybridized carbons (Fsp3) is 1.00. The van der Waals surface area contributed by atoms with Gasteiger partial charge in [0.05, 0.1) is 0 Å². The van der Waals surface area contributed by atoms with Gasteiger partial charge in [0, 0.05) is 0 Å². The van der Waals surface area contributed by atoms with Gasteiger partial charge in [-0.25, -0.2) is 13.0 Å². The lowest BCUT2D eigenvalue weighted by Gasteiger charge is -2.01. The maximum atomic E-state index is 11.7. The van der Waals surface area contributed by atoms with Crippen LogP contribution in [-0.4, -0.2) is 20.4 Å². The quantitative estimate of drug-likeness (QED) is 0.583. The standard InChI is InChI=1S/C3H6F2O2S/c1-2(4)3(5)8(6)7/h2-3H,1H3,(H,6,7). The number of rotatable bonds is 2. The molecule has 5 heteroatoms. The Bertz CT molecular complexity index is 95.3. The first-order valence-electron chi connectivity index (χ1n) is 1.93. The summed E-state index contributed by atoms with van der Waals surface area (Å²) in [6, 6.07) is 0. The monoisotopic (exact) mass is 144 g/mol. The topological polar surface area (TPSA) is 37.3 Å². The van der Waals surface area contributed by atoms with E-state index >= 15 is 0 Å². The summed E-state index contributed by atoms with van der Waals surface area (Å²) in [4.78, 5) is 0. The summed E-state index contributed by atoms with van der Waals surface area (Å²) in [5.74, 6) is 0. The molecular weight excluding hydrogens is 138 g/mol. The van der Waals surface area contributed by atoms with Gasteiger partial charge in [-0.2, -0.15) is 0 Å². The lowest BCUT2D eigenvalue weighted by molar-refractivity contribution is 0.241. The fourth-order valence-corrected chi connectivity index (χ4v) is 0.481. The van der Waals surface area contributed by atoms with Crippen molar-refractivity contribution in [3.63, 3.8) is 0 Å². The Labute approximate surface area is 48.2 Å². The highest BCUT2D eigenvalue weighted by Crippen LogP contribution is 2.04. The molecule has 0 aromatic carbocycles. The zero-order chi connectivity index (χ0) is 6.73. The van der Waals surface area contributed by atoms with Crippen molar-refractivity contribution in [1.29, 1.82) is 0 Å². The molecule has 0 aliphatic rings. The first kappa shape index (κ1) is 7.97. The molecule has 0 radical (unpaired) electrons. The molecule has 0 aliphatic carbocycles. The SMILES string of the molecule is CC(F)C(F)S(=O)O. The van der Waals surface area contributed by atoms with Gasteiger partial charge < -0.3 is 4.55 Å². The van der Waals surface area contributed by atoms with Crippen LogP contribution < -0.4 is 0 Å². The van der Waals surface area contributed by atoms with Crippen LogP contribution in [0.5, 0.6) is 0 Å². The van der Waals surface area contributed by atoms with Gasteiger partial charge in [-0.1, -0.05) is 0 Å². The summed E-state index contributed by atoms with van der Waals surface area (Å²) >= 11 is -2.68. The lowest BCUT2D eigenvalue weighted by Crippen LogP contribution is -2.18. The minimum Gasteiger partial charge on any atom is -0.304 e. The Morgan fingerprint density at radius 2 is 2.00 bits per heavy atom. The molecular formula is C3H6F2O2S. The van der Waals surface area contributed by atoms with E-state index in [1.165, 1.54) is 0 Å². The third-order valence-electron chi connectivity index (χ3n) is 0.554. The van der Waals surface area contributed by atoms with Crippen molar-refractivity contribution in [3.8, 4) is 0 Å². The molecule has 8 heavy (non-hydrogen) atoms. The molecule has 0 bridgehead atoms. The van der Waals surface area contributed by atoms with E-state index in [1.807, 2.05) is 0 Å². The average Bonchev–Trinajstić information content (AvgIpc) is 1.64. The van der Waals surface area contributed by atoms with Crippen LogP contribution in [0.2, 0.25) is 0 Å². The molecule has 2 nitrogen and oxygen atoms in total. The number of hydrogen-bond acceptors (Lipinski definition) is 1. The van der Waals surface area contributed by atoms with E-state index in [-0.39, 0.29) is 0 Å². The van der Waals surface area contributed by atoms with Crippen LogP contribution in [0.3, 0.4) is 0 Å². The molecule has 0 heterocycles. The highest BCUT2D eigenvalue weighted by molar-refractivity contribution is 7.79. The van der Waals surface area contributed by atoms with E-state index in [2.05, 4.69) is 0 Å². The van der Waals surface area contributed by atoms with Crippen molar-refractivity contribution in [2.75, 3.05) is 0 Å². The summed E-state index contributed by atoms with van der Waals surface area (Å²) in [5, 5.41) is 0. The Morgan fingerprint density at radius 1 is 1.62 bits per heavy atom. The zero-order valence-corrected chi connectivity index (χ0v) is 4.99. The Morgan fingerprint density at radius 3 is 2.00 bits per heavy atom. The van der Waals surface area contributed by atoms with Gasteiger partial charge in [-0.05, 0) is 6.92 Å². The normalized spacial score (nSPS) is 22.0. The van der Waals surface area contributed by atoms with Gasteiger partial charge in [0.25, 0.3) is 0 Å². The van der Waals surface area contributed by atoms with Crippen LogP contribution in [0.1, 0.15) is 6.92 Å². The first-order valence-corrected chi connectivity index (χ1v) is 3.10. The molecule has 0 rings (SSSR count). The third kappa shape index (κ3) is 2.32. The van der Waals surface area contributed by atoms with E-state index in [0.29, 0.717) is 0 Å². The maximum absolute atomic E-state index is 11.7. The molecule has 0 saturated heterocycles. The molecule has 0 saturated carbocycles. The molecule has 1 N–H and O–H groups in total. The maximum Gasteiger partial charge on any atom is 0.230 e. The zero-order valence-electron chi connectivity index (χ0n) is 4.17. The summed E-state index contributed by atoms with van der Waals surface area (Å²) in [7, 11) is 0. The van der Waals surface area contributed by atoms with Crippen LogP contribution in [0.15, 0.2) is 0 Å². The van der Waals surface area contributed by atoms with E-state index in [1.54, 1.807) is 0 Å². The van der Waals surface area contributed by atoms with Crippen molar-refractivity contribution in [3.05, 3.63) is 0 Å². The molecule has 0 aromatic heterocycles. The van der Waals surface area contributed by atoms with Crippen molar-refractivity contribution in [2.24, 2.45) is 0 Å². The molecule has 0 amide bonds. The van der Waals surface area contributed by atoms with Crippen molar-refractivity contribution < 1.29 is 17.5 Å². The average molecular weight is 144 g/mol. The highest BCUT2D eigenvalue weighted by atomic mass is 32.2. The number of hydrogen-bond donors (Lipinski definition) is 1. The predicted molar refractivity (Wildman–Crippen MR) is 26.2 cm³/mol. The van der Waals surface area contributed by atoms with E-state index in [4.69, 9.17) is 4.55 Å². The second-order valence-corrected chi connectivity index (χ2v) is 2.31. The van der Waals surface area contributed by atoms with Crippen LogP contribution >= 0.6 is 0 Å². The molecule has 0 spiro atoms. The van der Waals surface area contributed by atoms with Gasteiger partial charge >= 0.3 is 0 Å². The lowest BCUT2D eigenvalue weighted by atomic mass is 10.5. The van der Waals surface area contributed by atoms with Gasteiger partial charge in [0.1, 0.15) is 6.17 Å². The van der Waals surface area contributed by atoms with Gasteiger partial charge in [0.2, 0.25) is 5.50 Å². The molecule has 3 atom stereocenters. The Hall–Kier alpha value is -0.0300. The van der Waals surface area contributed by atoms with Crippen molar-refractivity contribution in [1.82, 2.24) is 0 Å². The minimum atomic E-state index is -2.68. The van der Waals surface area contributed by atoms with Crippen LogP contribution in [-0.2, 0) is 11.1 Å². The number of halogens is 2. The first-order chi connectivity index (χ1) is 3.55. The minimum absolute atomic E-state index is 0.888. The van der Waals surface area contributed by atoms with E-state index in [0.717, 1.165) is 6.92 Å². The van der Waals surface area contributed by atoms with Crippen molar-refractivity contribution in [2.45, 2.75) is 18.6 Å². The molecule has 0 fully saturated rings. The predicted octanol–water partition coefficient (Wildman–Crippen LogP) is 0.862. The summed E-state index contributed by atoms with van der Waals surface area (Å²) in [6.45, 7) is 0.888. The highest BCUT2D eigenvalue weighted by Gasteiger charge is 2.20. The molecule has 0 aromatic rings. The van der Waals surface area contributed by atoms with E-state index in [9.17, 15) is 13.0 Å². The van der Waals surface area contributed by atoms with Gasteiger partial charge in [0.15, 0.2) is 11.1 Å². The summed E-state index contributed by atoms with van der Waals surface area (Å²) in [6.07, 6.45) is -1.87. The summed E-state index contributed by atoms with van der Waals surface area (Å²) < 4.78 is 40.8.